The van der Waals surface area contributed by atoms with Crippen molar-refractivity contribution in [3.8, 4) is 0 Å². The van der Waals surface area contributed by atoms with Gasteiger partial charge in [-0.05, 0) is 50.7 Å². The monoisotopic (exact) mass is 342 g/mol. The topological polar surface area (TPSA) is 66.9 Å². The van der Waals surface area contributed by atoms with Crippen molar-refractivity contribution in [2.75, 3.05) is 11.1 Å². The first kappa shape index (κ1) is 15.7. The number of anilines is 1. The average molecular weight is 342 g/mol. The number of fused-ring (bicyclic) bond motifs is 1. The quantitative estimate of drug-likeness (QED) is 0.597. The number of thioether (sulfide) groups is 1. The van der Waals surface area contributed by atoms with Gasteiger partial charge in [0.25, 0.3) is 0 Å². The van der Waals surface area contributed by atoms with Crippen LogP contribution in [0.2, 0.25) is 0 Å². The fourth-order valence-electron chi connectivity index (χ4n) is 2.79. The summed E-state index contributed by atoms with van der Waals surface area (Å²) in [6, 6.07) is 8.83. The molecule has 5 nitrogen and oxygen atoms in total. The lowest BCUT2D eigenvalue weighted by Crippen LogP contribution is -2.35. The normalized spacial score (nSPS) is 18.4. The second kappa shape index (κ2) is 6.59. The minimum absolute atomic E-state index is 0.0628. The maximum atomic E-state index is 12.1. The Morgan fingerprint density at radius 2 is 2.04 bits per heavy atom. The largest absolute Gasteiger partial charge is 0.367 e. The smallest absolute Gasteiger partial charge is 0.230 e. The standard InChI is InChI=1S/C18H22N4OS/c1-11(12-6-7-12)19-16(23)10-24-18-21-15-5-3-2-4-14(15)17(22-18)20-13-8-9-13/h2-5,11-13H,6-10H2,1H3,(H,19,23)(H,20,21,22). The zero-order valence-corrected chi connectivity index (χ0v) is 14.6. The summed E-state index contributed by atoms with van der Waals surface area (Å²) in [6.45, 7) is 2.09. The summed E-state index contributed by atoms with van der Waals surface area (Å²) in [7, 11) is 0. The number of amides is 1. The van der Waals surface area contributed by atoms with E-state index < -0.39 is 0 Å². The SMILES string of the molecule is CC(NC(=O)CSc1nc(NC2CC2)c2ccccc2n1)C1CC1. The molecule has 0 radical (unpaired) electrons. The molecule has 126 valence electrons. The van der Waals surface area contributed by atoms with Gasteiger partial charge in [-0.15, -0.1) is 0 Å². The first-order chi connectivity index (χ1) is 11.7. The van der Waals surface area contributed by atoms with Gasteiger partial charge in [-0.25, -0.2) is 9.97 Å². The zero-order chi connectivity index (χ0) is 16.5. The van der Waals surface area contributed by atoms with E-state index >= 15 is 0 Å². The highest BCUT2D eigenvalue weighted by atomic mass is 32.2. The second-order valence-corrected chi connectivity index (χ2v) is 7.72. The number of hydrogen-bond donors (Lipinski definition) is 2. The molecule has 0 bridgehead atoms. The third-order valence-corrected chi connectivity index (χ3v) is 5.40. The summed E-state index contributed by atoms with van der Waals surface area (Å²) >= 11 is 1.40. The van der Waals surface area contributed by atoms with E-state index in [9.17, 15) is 4.79 Å². The third kappa shape index (κ3) is 3.80. The van der Waals surface area contributed by atoms with Crippen molar-refractivity contribution in [3.05, 3.63) is 24.3 Å². The predicted molar refractivity (Wildman–Crippen MR) is 97.2 cm³/mol. The lowest BCUT2D eigenvalue weighted by molar-refractivity contribution is -0.119. The summed E-state index contributed by atoms with van der Waals surface area (Å²) in [6.07, 6.45) is 4.86. The first-order valence-corrected chi connectivity index (χ1v) is 9.63. The van der Waals surface area contributed by atoms with E-state index in [1.807, 2.05) is 24.3 Å². The number of nitrogens with one attached hydrogen (secondary N) is 2. The zero-order valence-electron chi connectivity index (χ0n) is 13.8. The summed E-state index contributed by atoms with van der Waals surface area (Å²) in [5.74, 6) is 1.98. The van der Waals surface area contributed by atoms with Crippen molar-refractivity contribution >= 4 is 34.4 Å². The molecular weight excluding hydrogens is 320 g/mol. The minimum atomic E-state index is 0.0628. The molecule has 2 aliphatic carbocycles. The van der Waals surface area contributed by atoms with Crippen LogP contribution in [0, 0.1) is 5.92 Å². The van der Waals surface area contributed by atoms with E-state index in [2.05, 4.69) is 27.5 Å². The molecule has 2 aromatic rings. The highest BCUT2D eigenvalue weighted by Crippen LogP contribution is 2.32. The Balaban J connectivity index is 1.45. The van der Waals surface area contributed by atoms with Crippen LogP contribution in [0.5, 0.6) is 0 Å². The second-order valence-electron chi connectivity index (χ2n) is 6.77. The molecule has 24 heavy (non-hydrogen) atoms. The summed E-state index contributed by atoms with van der Waals surface area (Å²) in [5, 5.41) is 8.25. The van der Waals surface area contributed by atoms with Crippen LogP contribution in [0.15, 0.2) is 29.4 Å². The third-order valence-electron chi connectivity index (χ3n) is 4.55. The molecule has 1 heterocycles. The molecule has 1 unspecified atom stereocenters. The molecule has 2 saturated carbocycles. The number of benzene rings is 1. The molecule has 1 atom stereocenters. The number of para-hydroxylation sites is 1. The van der Waals surface area contributed by atoms with Crippen molar-refractivity contribution in [2.24, 2.45) is 5.92 Å². The van der Waals surface area contributed by atoms with Crippen LogP contribution in [0.3, 0.4) is 0 Å². The van der Waals surface area contributed by atoms with Crippen LogP contribution >= 0.6 is 11.8 Å². The van der Waals surface area contributed by atoms with Crippen LogP contribution in [0.4, 0.5) is 5.82 Å². The number of carbonyl (C=O) groups excluding carboxylic acids is 1. The van der Waals surface area contributed by atoms with Gasteiger partial charge in [-0.2, -0.15) is 0 Å². The van der Waals surface area contributed by atoms with Gasteiger partial charge in [0, 0.05) is 17.5 Å². The number of aromatic nitrogens is 2. The first-order valence-electron chi connectivity index (χ1n) is 8.64. The van der Waals surface area contributed by atoms with E-state index in [1.165, 1.54) is 37.4 Å². The van der Waals surface area contributed by atoms with Crippen molar-refractivity contribution in [2.45, 2.75) is 49.8 Å². The Morgan fingerprint density at radius 1 is 1.25 bits per heavy atom. The molecule has 2 aliphatic rings. The van der Waals surface area contributed by atoms with Gasteiger partial charge in [-0.1, -0.05) is 23.9 Å². The lowest BCUT2D eigenvalue weighted by Gasteiger charge is -2.13. The van der Waals surface area contributed by atoms with Gasteiger partial charge in [0.05, 0.1) is 11.3 Å². The van der Waals surface area contributed by atoms with Gasteiger partial charge >= 0.3 is 0 Å². The Bertz CT molecular complexity index is 758. The molecule has 4 rings (SSSR count). The number of hydrogen-bond acceptors (Lipinski definition) is 5. The Labute approximate surface area is 146 Å². The van der Waals surface area contributed by atoms with Crippen LogP contribution in [0.25, 0.3) is 10.9 Å². The summed E-state index contributed by atoms with van der Waals surface area (Å²) in [5.41, 5.74) is 0.921. The minimum Gasteiger partial charge on any atom is -0.367 e. The van der Waals surface area contributed by atoms with E-state index in [1.54, 1.807) is 0 Å². The molecule has 2 N–H and O–H groups in total. The van der Waals surface area contributed by atoms with Gasteiger partial charge in [-0.3, -0.25) is 4.79 Å². The van der Waals surface area contributed by atoms with Crippen molar-refractivity contribution in [1.29, 1.82) is 0 Å². The molecule has 2 fully saturated rings. The maximum absolute atomic E-state index is 12.1. The predicted octanol–water partition coefficient (Wildman–Crippen LogP) is 3.21. The maximum Gasteiger partial charge on any atom is 0.230 e. The van der Waals surface area contributed by atoms with Crippen LogP contribution in [-0.2, 0) is 4.79 Å². The average Bonchev–Trinajstić information content (AvgIpc) is 3.46. The summed E-state index contributed by atoms with van der Waals surface area (Å²) < 4.78 is 0. The molecule has 0 aliphatic heterocycles. The van der Waals surface area contributed by atoms with Crippen molar-refractivity contribution in [1.82, 2.24) is 15.3 Å². The highest BCUT2D eigenvalue weighted by molar-refractivity contribution is 7.99. The lowest BCUT2D eigenvalue weighted by atomic mass is 10.2. The van der Waals surface area contributed by atoms with Crippen LogP contribution in [-0.4, -0.2) is 33.7 Å². The van der Waals surface area contributed by atoms with Crippen molar-refractivity contribution in [3.63, 3.8) is 0 Å². The van der Waals surface area contributed by atoms with Gasteiger partial charge < -0.3 is 10.6 Å². The van der Waals surface area contributed by atoms with Gasteiger partial charge in [0.1, 0.15) is 5.82 Å². The summed E-state index contributed by atoms with van der Waals surface area (Å²) in [4.78, 5) is 21.3. The molecule has 0 saturated heterocycles. The van der Waals surface area contributed by atoms with Crippen LogP contribution < -0.4 is 10.6 Å². The van der Waals surface area contributed by atoms with Crippen molar-refractivity contribution < 1.29 is 4.79 Å². The molecular formula is C18H22N4OS. The number of rotatable bonds is 7. The van der Waals surface area contributed by atoms with E-state index in [0.29, 0.717) is 22.9 Å². The molecule has 1 amide bonds. The molecule has 1 aromatic heterocycles. The Hall–Kier alpha value is -1.82. The Morgan fingerprint density at radius 3 is 2.79 bits per heavy atom. The molecule has 6 heteroatoms. The number of nitrogens with zero attached hydrogens (tertiary/aromatic N) is 2. The van der Waals surface area contributed by atoms with E-state index in [4.69, 9.17) is 0 Å². The van der Waals surface area contributed by atoms with E-state index in [0.717, 1.165) is 16.7 Å². The van der Waals surface area contributed by atoms with Gasteiger partial charge in [0.2, 0.25) is 5.91 Å². The fourth-order valence-corrected chi connectivity index (χ4v) is 3.45. The van der Waals surface area contributed by atoms with E-state index in [-0.39, 0.29) is 11.9 Å². The van der Waals surface area contributed by atoms with Gasteiger partial charge in [0.15, 0.2) is 5.16 Å². The molecule has 0 spiro atoms. The fraction of sp³-hybridized carbons (Fsp3) is 0.500. The highest BCUT2D eigenvalue weighted by Gasteiger charge is 2.29. The molecule has 1 aromatic carbocycles. The number of carbonyl (C=O) groups is 1. The Kier molecular flexibility index (Phi) is 4.31. The van der Waals surface area contributed by atoms with Crippen LogP contribution in [0.1, 0.15) is 32.6 Å².